The monoisotopic (exact) mass is 357 g/mol. The van der Waals surface area contributed by atoms with Crippen molar-refractivity contribution >= 4 is 28.8 Å². The molecule has 1 aromatic carbocycles. The standard InChI is InChI=1S/C18H15NO7/c1-9-15(21)10-6-4-5-7-12(10)19-14(18(23)26-16(9)19)11(17(22)25-3)8-13(20)24-2/h4-8,14H,1-3H3/b11-8-. The summed E-state index contributed by atoms with van der Waals surface area (Å²) in [6, 6.07) is 5.34. The minimum atomic E-state index is -1.28. The molecule has 1 aliphatic rings. The topological polar surface area (TPSA) is 101 Å². The molecule has 1 aromatic heterocycles. The molecule has 0 aliphatic carbocycles. The fourth-order valence-electron chi connectivity index (χ4n) is 2.92. The van der Waals surface area contributed by atoms with Crippen LogP contribution < -0.4 is 10.2 Å². The van der Waals surface area contributed by atoms with Crippen LogP contribution in [-0.4, -0.2) is 36.7 Å². The van der Waals surface area contributed by atoms with Gasteiger partial charge in [-0.2, -0.15) is 0 Å². The summed E-state index contributed by atoms with van der Waals surface area (Å²) in [4.78, 5) is 48.9. The third kappa shape index (κ3) is 2.55. The number of esters is 3. The Morgan fingerprint density at radius 2 is 1.85 bits per heavy atom. The van der Waals surface area contributed by atoms with Crippen molar-refractivity contribution in [3.05, 3.63) is 51.7 Å². The third-order valence-corrected chi connectivity index (χ3v) is 4.16. The molecule has 8 heteroatoms. The van der Waals surface area contributed by atoms with Gasteiger partial charge in [0.05, 0.1) is 30.9 Å². The zero-order chi connectivity index (χ0) is 19.0. The molecule has 0 amide bonds. The van der Waals surface area contributed by atoms with E-state index in [0.717, 1.165) is 20.3 Å². The van der Waals surface area contributed by atoms with Crippen molar-refractivity contribution in [3.63, 3.8) is 0 Å². The lowest BCUT2D eigenvalue weighted by Gasteiger charge is -2.16. The SMILES string of the molecule is COC(=O)/C=C(\C(=O)OC)C1C(=O)Oc2c(C)c(=O)c3ccccc3n21. The van der Waals surface area contributed by atoms with Crippen LogP contribution in [0.25, 0.3) is 10.9 Å². The lowest BCUT2D eigenvalue weighted by Crippen LogP contribution is -2.24. The molecule has 3 rings (SSSR count). The molecule has 0 bridgehead atoms. The molecule has 0 spiro atoms. The number of aromatic nitrogens is 1. The van der Waals surface area contributed by atoms with Crippen LogP contribution in [0.5, 0.6) is 5.88 Å². The van der Waals surface area contributed by atoms with E-state index < -0.39 is 23.9 Å². The fraction of sp³-hybridized carbons (Fsp3) is 0.222. The van der Waals surface area contributed by atoms with Gasteiger partial charge in [0, 0.05) is 11.5 Å². The molecule has 0 saturated carbocycles. The molecule has 2 aromatic rings. The maximum Gasteiger partial charge on any atom is 0.340 e. The highest BCUT2D eigenvalue weighted by molar-refractivity contribution is 6.04. The molecule has 0 radical (unpaired) electrons. The van der Waals surface area contributed by atoms with E-state index in [9.17, 15) is 19.2 Å². The van der Waals surface area contributed by atoms with Gasteiger partial charge in [-0.1, -0.05) is 12.1 Å². The number of hydrogen-bond donors (Lipinski definition) is 0. The van der Waals surface area contributed by atoms with Crippen molar-refractivity contribution in [2.75, 3.05) is 14.2 Å². The summed E-state index contributed by atoms with van der Waals surface area (Å²) in [6.45, 7) is 1.53. The average Bonchev–Trinajstić information content (AvgIpc) is 3.00. The van der Waals surface area contributed by atoms with E-state index in [2.05, 4.69) is 4.74 Å². The van der Waals surface area contributed by atoms with Crippen LogP contribution in [0, 0.1) is 6.92 Å². The second-order valence-electron chi connectivity index (χ2n) is 5.58. The number of ether oxygens (including phenoxy) is 3. The van der Waals surface area contributed by atoms with Gasteiger partial charge >= 0.3 is 17.9 Å². The Balaban J connectivity index is 2.35. The van der Waals surface area contributed by atoms with E-state index in [1.807, 2.05) is 0 Å². The summed E-state index contributed by atoms with van der Waals surface area (Å²) in [7, 11) is 2.27. The molecule has 0 saturated heterocycles. The number of fused-ring (bicyclic) bond motifs is 3. The first-order chi connectivity index (χ1) is 12.4. The highest BCUT2D eigenvalue weighted by atomic mass is 16.6. The Morgan fingerprint density at radius 3 is 2.50 bits per heavy atom. The Morgan fingerprint density at radius 1 is 1.15 bits per heavy atom. The third-order valence-electron chi connectivity index (χ3n) is 4.16. The number of pyridine rings is 1. The smallest absolute Gasteiger partial charge is 0.340 e. The van der Waals surface area contributed by atoms with Crippen molar-refractivity contribution in [2.24, 2.45) is 0 Å². The van der Waals surface area contributed by atoms with Crippen molar-refractivity contribution in [1.29, 1.82) is 0 Å². The van der Waals surface area contributed by atoms with Crippen molar-refractivity contribution in [3.8, 4) is 5.88 Å². The molecule has 0 fully saturated rings. The van der Waals surface area contributed by atoms with Gasteiger partial charge in [0.1, 0.15) is 0 Å². The average molecular weight is 357 g/mol. The molecular weight excluding hydrogens is 342 g/mol. The number of nitrogens with zero attached hydrogens (tertiary/aromatic N) is 1. The van der Waals surface area contributed by atoms with E-state index in [1.165, 1.54) is 11.5 Å². The van der Waals surface area contributed by atoms with Crippen LogP contribution >= 0.6 is 0 Å². The molecule has 1 aliphatic heterocycles. The molecule has 2 heterocycles. The van der Waals surface area contributed by atoms with E-state index >= 15 is 0 Å². The van der Waals surface area contributed by atoms with Crippen LogP contribution in [0.3, 0.4) is 0 Å². The first kappa shape index (κ1) is 17.4. The van der Waals surface area contributed by atoms with E-state index in [4.69, 9.17) is 9.47 Å². The number of rotatable bonds is 3. The van der Waals surface area contributed by atoms with Crippen LogP contribution in [0.2, 0.25) is 0 Å². The maximum absolute atomic E-state index is 12.5. The predicted octanol–water partition coefficient (Wildman–Crippen LogP) is 1.04. The van der Waals surface area contributed by atoms with Gasteiger partial charge in [0.25, 0.3) is 0 Å². The van der Waals surface area contributed by atoms with Crippen molar-refractivity contribution in [1.82, 2.24) is 4.57 Å². The number of methoxy groups -OCH3 is 2. The largest absolute Gasteiger partial charge is 0.466 e. The summed E-state index contributed by atoms with van der Waals surface area (Å²) in [6.07, 6.45) is 0.884. The normalized spacial score (nSPS) is 16.2. The van der Waals surface area contributed by atoms with E-state index in [1.54, 1.807) is 24.3 Å². The van der Waals surface area contributed by atoms with E-state index in [0.29, 0.717) is 10.9 Å². The lowest BCUT2D eigenvalue weighted by atomic mass is 10.0. The van der Waals surface area contributed by atoms with Gasteiger partial charge in [-0.3, -0.25) is 9.36 Å². The van der Waals surface area contributed by atoms with Gasteiger partial charge in [-0.15, -0.1) is 0 Å². The first-order valence-electron chi connectivity index (χ1n) is 7.64. The van der Waals surface area contributed by atoms with Gasteiger partial charge in [0.15, 0.2) is 11.5 Å². The van der Waals surface area contributed by atoms with Crippen LogP contribution in [0.15, 0.2) is 40.7 Å². The highest BCUT2D eigenvalue weighted by Gasteiger charge is 2.41. The predicted molar refractivity (Wildman–Crippen MR) is 89.7 cm³/mol. The molecule has 1 atom stereocenters. The van der Waals surface area contributed by atoms with Gasteiger partial charge in [-0.25, -0.2) is 14.4 Å². The second kappa shape index (κ2) is 6.47. The molecule has 8 nitrogen and oxygen atoms in total. The number of para-hydroxylation sites is 1. The zero-order valence-electron chi connectivity index (χ0n) is 14.3. The summed E-state index contributed by atoms with van der Waals surface area (Å²) in [5.74, 6) is -2.48. The molecule has 134 valence electrons. The van der Waals surface area contributed by atoms with Crippen molar-refractivity contribution < 1.29 is 28.6 Å². The Bertz CT molecular complexity index is 1030. The lowest BCUT2D eigenvalue weighted by molar-refractivity contribution is -0.141. The van der Waals surface area contributed by atoms with Crippen LogP contribution in [0.4, 0.5) is 0 Å². The number of carbonyl (C=O) groups is 3. The van der Waals surface area contributed by atoms with Gasteiger partial charge in [-0.05, 0) is 19.1 Å². The van der Waals surface area contributed by atoms with Gasteiger partial charge < -0.3 is 14.2 Å². The van der Waals surface area contributed by atoms with Crippen molar-refractivity contribution in [2.45, 2.75) is 13.0 Å². The molecule has 1 unspecified atom stereocenters. The fourth-order valence-corrected chi connectivity index (χ4v) is 2.92. The van der Waals surface area contributed by atoms with Gasteiger partial charge in [0.2, 0.25) is 5.88 Å². The maximum atomic E-state index is 12.5. The Labute approximate surface area is 147 Å². The minimum Gasteiger partial charge on any atom is -0.466 e. The summed E-state index contributed by atoms with van der Waals surface area (Å²) >= 11 is 0. The molecule has 26 heavy (non-hydrogen) atoms. The second-order valence-corrected chi connectivity index (χ2v) is 5.58. The Kier molecular flexibility index (Phi) is 4.33. The number of carbonyl (C=O) groups excluding carboxylic acids is 3. The summed E-state index contributed by atoms with van der Waals surface area (Å²) in [5, 5.41) is 0.360. The van der Waals surface area contributed by atoms with Crippen LogP contribution in [0.1, 0.15) is 11.6 Å². The van der Waals surface area contributed by atoms with E-state index in [-0.39, 0.29) is 22.4 Å². The highest BCUT2D eigenvalue weighted by Crippen LogP contribution is 2.37. The molecule has 0 N–H and O–H groups in total. The first-order valence-corrected chi connectivity index (χ1v) is 7.64. The summed E-state index contributed by atoms with van der Waals surface area (Å²) < 4.78 is 15.9. The van der Waals surface area contributed by atoms with Crippen LogP contribution in [-0.2, 0) is 23.9 Å². The quantitative estimate of drug-likeness (QED) is 0.597. The summed E-state index contributed by atoms with van der Waals surface area (Å²) in [5.41, 5.74) is 0.0867. The zero-order valence-corrected chi connectivity index (χ0v) is 14.3. The number of hydrogen-bond acceptors (Lipinski definition) is 7. The Hall–Kier alpha value is -3.42. The molecular formula is C18H15NO7. The number of benzene rings is 1. The minimum absolute atomic E-state index is 0.0309.